The third kappa shape index (κ3) is 1.87. The van der Waals surface area contributed by atoms with Crippen molar-refractivity contribution in [1.82, 2.24) is 9.97 Å². The van der Waals surface area contributed by atoms with Crippen molar-refractivity contribution in [3.63, 3.8) is 0 Å². The lowest BCUT2D eigenvalue weighted by atomic mass is 10.2. The summed E-state index contributed by atoms with van der Waals surface area (Å²) in [6, 6.07) is 6.35. The van der Waals surface area contributed by atoms with Gasteiger partial charge in [-0.25, -0.2) is 13.8 Å². The van der Waals surface area contributed by atoms with Crippen LogP contribution in [0, 0.1) is 11.6 Å². The Morgan fingerprint density at radius 1 is 1.05 bits per heavy atom. The highest BCUT2D eigenvalue weighted by Gasteiger charge is 2.17. The van der Waals surface area contributed by atoms with Gasteiger partial charge in [-0.05, 0) is 24.3 Å². The molecule has 19 heavy (non-hydrogen) atoms. The van der Waals surface area contributed by atoms with Crippen LogP contribution in [0.4, 0.5) is 8.78 Å². The van der Waals surface area contributed by atoms with Crippen molar-refractivity contribution in [1.29, 1.82) is 0 Å². The minimum Gasteiger partial charge on any atom is -0.419 e. The Hall–Kier alpha value is -2.63. The van der Waals surface area contributed by atoms with Crippen LogP contribution in [-0.4, -0.2) is 9.97 Å². The molecule has 6 heteroatoms. The first-order valence-corrected chi connectivity index (χ1v) is 5.37. The normalized spacial score (nSPS) is 10.8. The molecule has 3 rings (SSSR count). The third-order valence-electron chi connectivity index (χ3n) is 2.57. The number of aromatic nitrogens is 2. The van der Waals surface area contributed by atoms with Gasteiger partial charge in [0.25, 0.3) is 5.56 Å². The lowest BCUT2D eigenvalue weighted by molar-refractivity contribution is 0.544. The highest BCUT2D eigenvalue weighted by atomic mass is 19.1. The van der Waals surface area contributed by atoms with Crippen LogP contribution in [0.2, 0.25) is 0 Å². The molecule has 0 saturated heterocycles. The standard InChI is InChI=1S/C13H6F2N2O2/c14-8-4-1-5-9(15)10(8)13-17-11(18)7-3-2-6-16-12(7)19-13/h1-6H. The van der Waals surface area contributed by atoms with E-state index in [1.54, 1.807) is 6.07 Å². The van der Waals surface area contributed by atoms with Crippen molar-refractivity contribution in [2.45, 2.75) is 0 Å². The topological polar surface area (TPSA) is 56.0 Å². The molecule has 0 bridgehead atoms. The predicted octanol–water partition coefficient (Wildman–Crippen LogP) is 2.53. The zero-order chi connectivity index (χ0) is 13.4. The average molecular weight is 260 g/mol. The molecule has 0 radical (unpaired) electrons. The summed E-state index contributed by atoms with van der Waals surface area (Å²) in [5, 5.41) is 0.156. The molecule has 0 unspecified atom stereocenters. The minimum atomic E-state index is -0.856. The summed E-state index contributed by atoms with van der Waals surface area (Å²) in [4.78, 5) is 19.1. The van der Waals surface area contributed by atoms with E-state index >= 15 is 0 Å². The molecule has 94 valence electrons. The van der Waals surface area contributed by atoms with E-state index in [0.717, 1.165) is 12.1 Å². The molecule has 2 aromatic heterocycles. The van der Waals surface area contributed by atoms with E-state index in [1.165, 1.54) is 18.3 Å². The van der Waals surface area contributed by atoms with E-state index in [4.69, 9.17) is 4.42 Å². The summed E-state index contributed by atoms with van der Waals surface area (Å²) in [6.45, 7) is 0. The van der Waals surface area contributed by atoms with Crippen molar-refractivity contribution in [2.75, 3.05) is 0 Å². The number of nitrogens with zero attached hydrogens (tertiary/aromatic N) is 2. The molecule has 0 aliphatic carbocycles. The van der Waals surface area contributed by atoms with E-state index in [0.29, 0.717) is 0 Å². The fourth-order valence-electron chi connectivity index (χ4n) is 1.71. The molecule has 0 spiro atoms. The van der Waals surface area contributed by atoms with Crippen LogP contribution >= 0.6 is 0 Å². The smallest absolute Gasteiger partial charge is 0.285 e. The Morgan fingerprint density at radius 2 is 1.79 bits per heavy atom. The maximum absolute atomic E-state index is 13.6. The zero-order valence-corrected chi connectivity index (χ0v) is 9.43. The Balaban J connectivity index is 2.35. The van der Waals surface area contributed by atoms with Gasteiger partial charge in [0.05, 0.1) is 0 Å². The predicted molar refractivity (Wildman–Crippen MR) is 63.4 cm³/mol. The highest BCUT2D eigenvalue weighted by molar-refractivity contribution is 5.72. The van der Waals surface area contributed by atoms with Gasteiger partial charge < -0.3 is 4.42 Å². The largest absolute Gasteiger partial charge is 0.419 e. The van der Waals surface area contributed by atoms with E-state index in [-0.39, 0.29) is 11.1 Å². The molecule has 0 atom stereocenters. The summed E-state index contributed by atoms with van der Waals surface area (Å²) in [5.41, 5.74) is -1.14. The first kappa shape index (κ1) is 11.5. The third-order valence-corrected chi connectivity index (χ3v) is 2.57. The first-order chi connectivity index (χ1) is 9.16. The number of fused-ring (bicyclic) bond motifs is 1. The van der Waals surface area contributed by atoms with E-state index < -0.39 is 28.6 Å². The molecule has 0 aliphatic rings. The van der Waals surface area contributed by atoms with Gasteiger partial charge in [-0.1, -0.05) is 6.07 Å². The van der Waals surface area contributed by atoms with Gasteiger partial charge in [0.1, 0.15) is 22.6 Å². The summed E-state index contributed by atoms with van der Waals surface area (Å²) in [6.07, 6.45) is 1.41. The number of rotatable bonds is 1. The fourth-order valence-corrected chi connectivity index (χ4v) is 1.71. The van der Waals surface area contributed by atoms with Gasteiger partial charge in [-0.15, -0.1) is 0 Å². The van der Waals surface area contributed by atoms with Crippen LogP contribution in [-0.2, 0) is 0 Å². The molecule has 1 aromatic carbocycles. The molecule has 0 saturated carbocycles. The second-order valence-electron chi connectivity index (χ2n) is 3.78. The molecule has 3 aromatic rings. The Labute approximate surface area is 105 Å². The Morgan fingerprint density at radius 3 is 2.53 bits per heavy atom. The number of halogens is 2. The second-order valence-corrected chi connectivity index (χ2v) is 3.78. The van der Waals surface area contributed by atoms with Crippen LogP contribution in [0.15, 0.2) is 45.7 Å². The van der Waals surface area contributed by atoms with Crippen molar-refractivity contribution >= 4 is 11.1 Å². The van der Waals surface area contributed by atoms with Crippen LogP contribution in [0.25, 0.3) is 22.6 Å². The Kier molecular flexibility index (Phi) is 2.56. The lowest BCUT2D eigenvalue weighted by Gasteiger charge is -2.03. The van der Waals surface area contributed by atoms with Gasteiger partial charge in [0.2, 0.25) is 11.6 Å². The number of hydrogen-bond donors (Lipinski definition) is 0. The minimum absolute atomic E-state index is 0.0137. The zero-order valence-electron chi connectivity index (χ0n) is 9.43. The van der Waals surface area contributed by atoms with Gasteiger partial charge in [0, 0.05) is 6.20 Å². The van der Waals surface area contributed by atoms with Gasteiger partial charge in [-0.2, -0.15) is 4.98 Å². The number of pyridine rings is 1. The maximum atomic E-state index is 13.6. The fraction of sp³-hybridized carbons (Fsp3) is 0. The van der Waals surface area contributed by atoms with Crippen molar-refractivity contribution < 1.29 is 13.2 Å². The summed E-state index contributed by atoms with van der Waals surface area (Å²) in [7, 11) is 0. The molecule has 0 amide bonds. The van der Waals surface area contributed by atoms with Crippen molar-refractivity contribution in [2.24, 2.45) is 0 Å². The van der Waals surface area contributed by atoms with Crippen LogP contribution in [0.5, 0.6) is 0 Å². The van der Waals surface area contributed by atoms with Crippen molar-refractivity contribution in [3.05, 3.63) is 58.5 Å². The molecular weight excluding hydrogens is 254 g/mol. The van der Waals surface area contributed by atoms with Crippen LogP contribution < -0.4 is 5.56 Å². The molecular formula is C13H6F2N2O2. The monoisotopic (exact) mass is 260 g/mol. The number of benzene rings is 1. The SMILES string of the molecule is O=c1nc(-c2c(F)cccc2F)oc2ncccc12. The maximum Gasteiger partial charge on any atom is 0.285 e. The van der Waals surface area contributed by atoms with Crippen LogP contribution in [0.1, 0.15) is 0 Å². The average Bonchev–Trinajstić information content (AvgIpc) is 2.38. The molecule has 4 nitrogen and oxygen atoms in total. The molecule has 0 fully saturated rings. The molecule has 0 N–H and O–H groups in total. The second kappa shape index (κ2) is 4.24. The quantitative estimate of drug-likeness (QED) is 0.674. The van der Waals surface area contributed by atoms with Crippen LogP contribution in [0.3, 0.4) is 0 Å². The van der Waals surface area contributed by atoms with E-state index in [9.17, 15) is 13.6 Å². The molecule has 0 aliphatic heterocycles. The molecule has 2 heterocycles. The van der Waals surface area contributed by atoms with Crippen molar-refractivity contribution in [3.8, 4) is 11.5 Å². The summed E-state index contributed by atoms with van der Waals surface area (Å²) >= 11 is 0. The summed E-state index contributed by atoms with van der Waals surface area (Å²) < 4.78 is 32.4. The Bertz CT molecular complexity index is 810. The van der Waals surface area contributed by atoms with Gasteiger partial charge in [-0.3, -0.25) is 4.79 Å². The summed E-state index contributed by atoms with van der Waals surface area (Å²) in [5.74, 6) is -2.14. The lowest BCUT2D eigenvalue weighted by Crippen LogP contribution is -2.08. The van der Waals surface area contributed by atoms with E-state index in [1.807, 2.05) is 0 Å². The van der Waals surface area contributed by atoms with Gasteiger partial charge in [0.15, 0.2) is 0 Å². The first-order valence-electron chi connectivity index (χ1n) is 5.37. The highest BCUT2D eigenvalue weighted by Crippen LogP contribution is 2.24. The van der Waals surface area contributed by atoms with E-state index in [2.05, 4.69) is 9.97 Å². The number of hydrogen-bond acceptors (Lipinski definition) is 4. The van der Waals surface area contributed by atoms with Gasteiger partial charge >= 0.3 is 0 Å².